The minimum absolute atomic E-state index is 0.161. The lowest BCUT2D eigenvalue weighted by molar-refractivity contribution is -0.124. The van der Waals surface area contributed by atoms with Gasteiger partial charge in [-0.25, -0.2) is 4.79 Å². The molecule has 146 valence electrons. The minimum atomic E-state index is -0.646. The Labute approximate surface area is 161 Å². The summed E-state index contributed by atoms with van der Waals surface area (Å²) in [5.74, 6) is 0.251. The molecule has 0 bridgehead atoms. The molecule has 0 radical (unpaired) electrons. The number of ether oxygens (including phenoxy) is 3. The number of para-hydroxylation sites is 1. The number of esters is 1. The molecule has 0 spiro atoms. The van der Waals surface area contributed by atoms with Gasteiger partial charge in [-0.1, -0.05) is 24.3 Å². The van der Waals surface area contributed by atoms with E-state index in [1.807, 2.05) is 24.3 Å². The lowest BCUT2D eigenvalue weighted by atomic mass is 10.1. The third-order valence-corrected chi connectivity index (χ3v) is 4.18. The third-order valence-electron chi connectivity index (χ3n) is 4.18. The summed E-state index contributed by atoms with van der Waals surface area (Å²) in [4.78, 5) is 24.1. The van der Waals surface area contributed by atoms with Crippen molar-refractivity contribution in [2.45, 2.75) is 6.42 Å². The van der Waals surface area contributed by atoms with Crippen molar-refractivity contribution in [1.29, 1.82) is 0 Å². The molecule has 0 atom stereocenters. The smallest absolute Gasteiger partial charge is 0.359 e. The summed E-state index contributed by atoms with van der Waals surface area (Å²) in [7, 11) is 3.14. The van der Waals surface area contributed by atoms with E-state index in [0.29, 0.717) is 29.9 Å². The Bertz CT molecular complexity index is 983. The summed E-state index contributed by atoms with van der Waals surface area (Å²) in [5.41, 5.74) is 1.88. The fourth-order valence-electron chi connectivity index (χ4n) is 2.75. The molecule has 1 amide bonds. The summed E-state index contributed by atoms with van der Waals surface area (Å²) < 4.78 is 15.5. The van der Waals surface area contributed by atoms with E-state index >= 15 is 0 Å². The molecule has 1 heterocycles. The molecule has 0 unspecified atom stereocenters. The second kappa shape index (κ2) is 8.90. The van der Waals surface area contributed by atoms with Gasteiger partial charge in [-0.2, -0.15) is 5.10 Å². The number of rotatable bonds is 8. The topological polar surface area (TPSA) is 103 Å². The normalized spacial score (nSPS) is 10.5. The van der Waals surface area contributed by atoms with Crippen LogP contribution in [0.2, 0.25) is 0 Å². The molecule has 1 aromatic heterocycles. The molecule has 2 aromatic carbocycles. The van der Waals surface area contributed by atoms with Gasteiger partial charge >= 0.3 is 5.97 Å². The Morgan fingerprint density at radius 2 is 1.86 bits per heavy atom. The third kappa shape index (κ3) is 4.40. The van der Waals surface area contributed by atoms with E-state index in [1.54, 1.807) is 32.4 Å². The van der Waals surface area contributed by atoms with Gasteiger partial charge in [-0.05, 0) is 30.2 Å². The van der Waals surface area contributed by atoms with E-state index in [0.717, 1.165) is 11.1 Å². The maximum absolute atomic E-state index is 12.1. The van der Waals surface area contributed by atoms with Crippen molar-refractivity contribution in [2.24, 2.45) is 0 Å². The largest absolute Gasteiger partial charge is 0.493 e. The van der Waals surface area contributed by atoms with Gasteiger partial charge in [0, 0.05) is 11.9 Å². The van der Waals surface area contributed by atoms with Crippen LogP contribution in [0.1, 0.15) is 16.1 Å². The van der Waals surface area contributed by atoms with Crippen molar-refractivity contribution in [1.82, 2.24) is 15.5 Å². The van der Waals surface area contributed by atoms with Crippen LogP contribution < -0.4 is 14.8 Å². The van der Waals surface area contributed by atoms with E-state index in [9.17, 15) is 9.59 Å². The number of H-pyrrole nitrogens is 1. The number of carbonyl (C=O) groups is 2. The zero-order valence-electron chi connectivity index (χ0n) is 15.7. The predicted octanol–water partition coefficient (Wildman–Crippen LogP) is 2.10. The van der Waals surface area contributed by atoms with Crippen LogP contribution in [0.5, 0.6) is 11.5 Å². The summed E-state index contributed by atoms with van der Waals surface area (Å²) in [6, 6.07) is 12.8. The van der Waals surface area contributed by atoms with Gasteiger partial charge in [0.1, 0.15) is 0 Å². The number of aromatic amines is 1. The van der Waals surface area contributed by atoms with Crippen LogP contribution in [0.3, 0.4) is 0 Å². The Hall–Kier alpha value is -3.55. The Morgan fingerprint density at radius 3 is 2.64 bits per heavy atom. The van der Waals surface area contributed by atoms with Crippen molar-refractivity contribution in [2.75, 3.05) is 27.4 Å². The van der Waals surface area contributed by atoms with E-state index in [1.165, 1.54) is 0 Å². The number of methoxy groups -OCH3 is 2. The number of amides is 1. The van der Waals surface area contributed by atoms with Crippen LogP contribution in [0.25, 0.3) is 10.9 Å². The van der Waals surface area contributed by atoms with Crippen molar-refractivity contribution < 1.29 is 23.8 Å². The Balaban J connectivity index is 1.46. The Morgan fingerprint density at radius 1 is 1.07 bits per heavy atom. The fourth-order valence-corrected chi connectivity index (χ4v) is 2.75. The molecule has 0 saturated heterocycles. The van der Waals surface area contributed by atoms with Crippen LogP contribution in [-0.4, -0.2) is 49.4 Å². The zero-order valence-corrected chi connectivity index (χ0v) is 15.7. The zero-order chi connectivity index (χ0) is 19.9. The molecular weight excluding hydrogens is 362 g/mol. The molecule has 0 aliphatic heterocycles. The van der Waals surface area contributed by atoms with Crippen molar-refractivity contribution in [3.8, 4) is 11.5 Å². The lowest BCUT2D eigenvalue weighted by Gasteiger charge is -2.10. The van der Waals surface area contributed by atoms with E-state index < -0.39 is 5.97 Å². The maximum Gasteiger partial charge on any atom is 0.359 e. The second-order valence-electron chi connectivity index (χ2n) is 5.98. The lowest BCUT2D eigenvalue weighted by Crippen LogP contribution is -2.30. The van der Waals surface area contributed by atoms with Gasteiger partial charge < -0.3 is 19.5 Å². The number of nitrogens with zero attached hydrogens (tertiary/aromatic N) is 1. The van der Waals surface area contributed by atoms with Gasteiger partial charge in [0.2, 0.25) is 0 Å². The highest BCUT2D eigenvalue weighted by atomic mass is 16.5. The average Bonchev–Trinajstić information content (AvgIpc) is 3.16. The van der Waals surface area contributed by atoms with Crippen molar-refractivity contribution in [3.63, 3.8) is 0 Å². The van der Waals surface area contributed by atoms with Crippen molar-refractivity contribution in [3.05, 3.63) is 53.7 Å². The predicted molar refractivity (Wildman–Crippen MR) is 103 cm³/mol. The summed E-state index contributed by atoms with van der Waals surface area (Å²) >= 11 is 0. The number of aromatic nitrogens is 2. The molecule has 8 heteroatoms. The first kappa shape index (κ1) is 19.2. The number of hydrogen-bond donors (Lipinski definition) is 2. The van der Waals surface area contributed by atoms with Crippen LogP contribution in [0, 0.1) is 0 Å². The first-order valence-corrected chi connectivity index (χ1v) is 8.70. The first-order chi connectivity index (χ1) is 13.6. The summed E-state index contributed by atoms with van der Waals surface area (Å²) in [6.07, 6.45) is 0.601. The minimum Gasteiger partial charge on any atom is -0.493 e. The van der Waals surface area contributed by atoms with E-state index in [-0.39, 0.29) is 18.2 Å². The molecular formula is C20H21N3O5. The highest BCUT2D eigenvalue weighted by Crippen LogP contribution is 2.27. The van der Waals surface area contributed by atoms with Crippen LogP contribution in [-0.2, 0) is 16.0 Å². The highest BCUT2D eigenvalue weighted by molar-refractivity contribution is 6.02. The van der Waals surface area contributed by atoms with E-state index in [4.69, 9.17) is 14.2 Å². The molecule has 0 aliphatic carbocycles. The Kier molecular flexibility index (Phi) is 6.11. The number of fused-ring (bicyclic) bond motifs is 1. The molecule has 2 N–H and O–H groups in total. The van der Waals surface area contributed by atoms with Crippen LogP contribution >= 0.6 is 0 Å². The van der Waals surface area contributed by atoms with Gasteiger partial charge in [0.05, 0.1) is 19.7 Å². The average molecular weight is 383 g/mol. The molecule has 3 rings (SSSR count). The quantitative estimate of drug-likeness (QED) is 0.578. The molecule has 8 nitrogen and oxygen atoms in total. The number of hydrogen-bond acceptors (Lipinski definition) is 6. The van der Waals surface area contributed by atoms with Gasteiger partial charge in [-0.3, -0.25) is 9.89 Å². The number of benzene rings is 2. The van der Waals surface area contributed by atoms with Gasteiger partial charge in [0.15, 0.2) is 23.8 Å². The SMILES string of the molecule is COc1ccc(CCNC(=O)COC(=O)c2n[nH]c3ccccc23)cc1OC. The van der Waals surface area contributed by atoms with E-state index in [2.05, 4.69) is 15.5 Å². The fraction of sp³-hybridized carbons (Fsp3) is 0.250. The molecule has 0 fully saturated rings. The van der Waals surface area contributed by atoms with Gasteiger partial charge in [0.25, 0.3) is 5.91 Å². The maximum atomic E-state index is 12.1. The van der Waals surface area contributed by atoms with Crippen LogP contribution in [0.4, 0.5) is 0 Å². The second-order valence-corrected chi connectivity index (χ2v) is 5.98. The molecule has 28 heavy (non-hydrogen) atoms. The number of nitrogens with one attached hydrogen (secondary N) is 2. The monoisotopic (exact) mass is 383 g/mol. The first-order valence-electron chi connectivity index (χ1n) is 8.70. The number of carbonyl (C=O) groups excluding carboxylic acids is 2. The molecule has 0 aliphatic rings. The molecule has 0 saturated carbocycles. The molecule has 3 aromatic rings. The van der Waals surface area contributed by atoms with Crippen LogP contribution in [0.15, 0.2) is 42.5 Å². The van der Waals surface area contributed by atoms with Crippen molar-refractivity contribution >= 4 is 22.8 Å². The van der Waals surface area contributed by atoms with Gasteiger partial charge in [-0.15, -0.1) is 0 Å². The highest BCUT2D eigenvalue weighted by Gasteiger charge is 2.16. The summed E-state index contributed by atoms with van der Waals surface area (Å²) in [5, 5.41) is 10.1. The standard InChI is InChI=1S/C20H21N3O5/c1-26-16-8-7-13(11-17(16)27-2)9-10-21-18(24)12-28-20(25)19-14-5-3-4-6-15(14)22-23-19/h3-8,11H,9-10,12H2,1-2H3,(H,21,24)(H,22,23). The summed E-state index contributed by atoms with van der Waals surface area (Å²) in [6.45, 7) is 0.0309.